The minimum atomic E-state index is -1.20. The Morgan fingerprint density at radius 1 is 1.24 bits per heavy atom. The molecular weight excluding hydrogens is 226 g/mol. The first kappa shape index (κ1) is 15.7. The molecule has 0 aliphatic rings. The molecule has 0 bridgehead atoms. The average Bonchev–Trinajstić information content (AvgIpc) is 2.09. The summed E-state index contributed by atoms with van der Waals surface area (Å²) in [5.74, 6) is -1.82. The highest BCUT2D eigenvalue weighted by Gasteiger charge is 2.31. The number of carboxylic acid groups (broad SMARTS) is 1. The maximum atomic E-state index is 11.4. The van der Waals surface area contributed by atoms with Crippen LogP contribution in [-0.4, -0.2) is 40.0 Å². The summed E-state index contributed by atoms with van der Waals surface area (Å²) in [6.07, 6.45) is -1.65. The summed E-state index contributed by atoms with van der Waals surface area (Å²) in [5.41, 5.74) is -0.693. The summed E-state index contributed by atoms with van der Waals surface area (Å²) < 4.78 is 4.95. The molecule has 0 radical (unpaired) electrons. The van der Waals surface area contributed by atoms with Gasteiger partial charge in [-0.1, -0.05) is 6.92 Å². The van der Waals surface area contributed by atoms with Crippen molar-refractivity contribution in [2.75, 3.05) is 0 Å². The number of carboxylic acids is 1. The molecule has 0 aliphatic heterocycles. The maximum Gasteiger partial charge on any atom is 0.408 e. The number of carbonyl (C=O) groups excluding carboxylic acids is 1. The molecule has 0 saturated carbocycles. The van der Waals surface area contributed by atoms with Crippen molar-refractivity contribution in [3.63, 3.8) is 0 Å². The van der Waals surface area contributed by atoms with Crippen LogP contribution in [0.3, 0.4) is 0 Å². The number of hydrogen-bond acceptors (Lipinski definition) is 4. The number of amides is 1. The van der Waals surface area contributed by atoms with Gasteiger partial charge in [-0.2, -0.15) is 0 Å². The third-order valence-electron chi connectivity index (χ3n) is 2.22. The van der Waals surface area contributed by atoms with Crippen molar-refractivity contribution in [2.45, 2.75) is 52.4 Å². The Kier molecular flexibility index (Phi) is 5.41. The van der Waals surface area contributed by atoms with Crippen LogP contribution in [0.4, 0.5) is 4.79 Å². The molecule has 0 rings (SSSR count). The van der Waals surface area contributed by atoms with E-state index in [-0.39, 0.29) is 0 Å². The lowest BCUT2D eigenvalue weighted by molar-refractivity contribution is -0.142. The largest absolute Gasteiger partial charge is 0.480 e. The highest BCUT2D eigenvalue weighted by Crippen LogP contribution is 2.11. The summed E-state index contributed by atoms with van der Waals surface area (Å²) in [4.78, 5) is 22.4. The standard InChI is InChI=1S/C11H21NO5/c1-6(7(2)13)8(9(14)15)12-10(16)17-11(3,4)5/h6-8,13H,1-5H3,(H,12,16)(H,14,15)/t6-,7?,8-/m0/s1. The van der Waals surface area contributed by atoms with Crippen LogP contribution >= 0.6 is 0 Å². The zero-order valence-corrected chi connectivity index (χ0v) is 10.9. The molecule has 0 aromatic heterocycles. The molecule has 3 N–H and O–H groups in total. The van der Waals surface area contributed by atoms with Gasteiger partial charge < -0.3 is 20.3 Å². The third kappa shape index (κ3) is 6.11. The van der Waals surface area contributed by atoms with Crippen molar-refractivity contribution in [1.29, 1.82) is 0 Å². The number of ether oxygens (including phenoxy) is 1. The summed E-state index contributed by atoms with van der Waals surface area (Å²) in [7, 11) is 0. The molecule has 0 spiro atoms. The van der Waals surface area contributed by atoms with Crippen molar-refractivity contribution in [2.24, 2.45) is 5.92 Å². The molecule has 0 fully saturated rings. The number of carbonyl (C=O) groups is 2. The van der Waals surface area contributed by atoms with E-state index in [1.807, 2.05) is 0 Å². The fourth-order valence-electron chi connectivity index (χ4n) is 1.13. The Bertz CT molecular complexity index is 282. The van der Waals surface area contributed by atoms with Gasteiger partial charge in [-0.15, -0.1) is 0 Å². The predicted molar refractivity (Wildman–Crippen MR) is 61.6 cm³/mol. The van der Waals surface area contributed by atoms with Gasteiger partial charge in [-0.3, -0.25) is 0 Å². The van der Waals surface area contributed by atoms with Crippen LogP contribution in [0.1, 0.15) is 34.6 Å². The molecule has 0 aromatic rings. The van der Waals surface area contributed by atoms with E-state index in [1.165, 1.54) is 6.92 Å². The molecule has 0 aromatic carbocycles. The fraction of sp³-hybridized carbons (Fsp3) is 0.818. The first-order chi connectivity index (χ1) is 7.54. The average molecular weight is 247 g/mol. The van der Waals surface area contributed by atoms with E-state index >= 15 is 0 Å². The summed E-state index contributed by atoms with van der Waals surface area (Å²) in [6, 6.07) is -1.18. The molecule has 17 heavy (non-hydrogen) atoms. The van der Waals surface area contributed by atoms with E-state index in [1.54, 1.807) is 27.7 Å². The number of aliphatic hydroxyl groups excluding tert-OH is 1. The summed E-state index contributed by atoms with van der Waals surface area (Å²) >= 11 is 0. The molecule has 6 heteroatoms. The normalized spacial score (nSPS) is 16.8. The first-order valence-corrected chi connectivity index (χ1v) is 5.45. The van der Waals surface area contributed by atoms with Crippen LogP contribution in [-0.2, 0) is 9.53 Å². The number of aliphatic carboxylic acids is 1. The molecule has 1 unspecified atom stereocenters. The van der Waals surface area contributed by atoms with Crippen LogP contribution in [0.25, 0.3) is 0 Å². The Morgan fingerprint density at radius 2 is 1.71 bits per heavy atom. The van der Waals surface area contributed by atoms with Crippen molar-refractivity contribution in [3.8, 4) is 0 Å². The van der Waals surface area contributed by atoms with Crippen LogP contribution < -0.4 is 5.32 Å². The van der Waals surface area contributed by atoms with E-state index in [9.17, 15) is 14.7 Å². The number of nitrogens with one attached hydrogen (secondary N) is 1. The van der Waals surface area contributed by atoms with E-state index < -0.39 is 35.7 Å². The minimum Gasteiger partial charge on any atom is -0.480 e. The first-order valence-electron chi connectivity index (χ1n) is 5.45. The maximum absolute atomic E-state index is 11.4. The Morgan fingerprint density at radius 3 is 2.00 bits per heavy atom. The van der Waals surface area contributed by atoms with Gasteiger partial charge in [-0.05, 0) is 27.7 Å². The second kappa shape index (κ2) is 5.86. The van der Waals surface area contributed by atoms with Gasteiger partial charge in [0.25, 0.3) is 0 Å². The van der Waals surface area contributed by atoms with Gasteiger partial charge >= 0.3 is 12.1 Å². The zero-order chi connectivity index (χ0) is 13.8. The van der Waals surface area contributed by atoms with Crippen molar-refractivity contribution in [1.82, 2.24) is 5.32 Å². The lowest BCUT2D eigenvalue weighted by Gasteiger charge is -2.26. The SMILES string of the molecule is CC(O)[C@H](C)[C@H](NC(=O)OC(C)(C)C)C(=O)O. The highest BCUT2D eigenvalue weighted by molar-refractivity contribution is 5.80. The van der Waals surface area contributed by atoms with Gasteiger partial charge in [0.1, 0.15) is 11.6 Å². The number of hydrogen-bond donors (Lipinski definition) is 3. The van der Waals surface area contributed by atoms with Gasteiger partial charge in [0, 0.05) is 5.92 Å². The number of alkyl carbamates (subject to hydrolysis) is 1. The zero-order valence-electron chi connectivity index (χ0n) is 10.9. The van der Waals surface area contributed by atoms with E-state index in [0.717, 1.165) is 0 Å². The topological polar surface area (TPSA) is 95.9 Å². The lowest BCUT2D eigenvalue weighted by atomic mass is 9.97. The molecule has 1 amide bonds. The van der Waals surface area contributed by atoms with E-state index in [0.29, 0.717) is 0 Å². The molecule has 100 valence electrons. The Hall–Kier alpha value is -1.30. The Balaban J connectivity index is 4.57. The monoisotopic (exact) mass is 247 g/mol. The number of aliphatic hydroxyl groups is 1. The predicted octanol–water partition coefficient (Wildman–Crippen LogP) is 0.981. The fourth-order valence-corrected chi connectivity index (χ4v) is 1.13. The van der Waals surface area contributed by atoms with Crippen LogP contribution in [0.5, 0.6) is 0 Å². The van der Waals surface area contributed by atoms with Gasteiger partial charge in [0.15, 0.2) is 0 Å². The van der Waals surface area contributed by atoms with Crippen molar-refractivity contribution < 1.29 is 24.5 Å². The lowest BCUT2D eigenvalue weighted by Crippen LogP contribution is -2.49. The van der Waals surface area contributed by atoms with E-state index in [4.69, 9.17) is 9.84 Å². The second-order valence-electron chi connectivity index (χ2n) is 5.06. The smallest absolute Gasteiger partial charge is 0.408 e. The molecule has 0 aliphatic carbocycles. The van der Waals surface area contributed by atoms with Crippen LogP contribution in [0, 0.1) is 5.92 Å². The van der Waals surface area contributed by atoms with Crippen LogP contribution in [0.2, 0.25) is 0 Å². The number of rotatable bonds is 4. The summed E-state index contributed by atoms with van der Waals surface area (Å²) in [5, 5.41) is 20.5. The quantitative estimate of drug-likeness (QED) is 0.688. The third-order valence-corrected chi connectivity index (χ3v) is 2.22. The molecule has 0 heterocycles. The van der Waals surface area contributed by atoms with Crippen molar-refractivity contribution in [3.05, 3.63) is 0 Å². The second-order valence-corrected chi connectivity index (χ2v) is 5.06. The summed E-state index contributed by atoms with van der Waals surface area (Å²) in [6.45, 7) is 8.06. The van der Waals surface area contributed by atoms with Crippen LogP contribution in [0.15, 0.2) is 0 Å². The van der Waals surface area contributed by atoms with Crippen molar-refractivity contribution >= 4 is 12.1 Å². The van der Waals surface area contributed by atoms with Gasteiger partial charge in [0.2, 0.25) is 0 Å². The van der Waals surface area contributed by atoms with Gasteiger partial charge in [0.05, 0.1) is 6.10 Å². The molecule has 6 nitrogen and oxygen atoms in total. The van der Waals surface area contributed by atoms with E-state index in [2.05, 4.69) is 5.32 Å². The molecular formula is C11H21NO5. The Labute approximate surface area is 101 Å². The minimum absolute atomic E-state index is 0.611. The van der Waals surface area contributed by atoms with Gasteiger partial charge in [-0.25, -0.2) is 9.59 Å². The molecule has 0 saturated heterocycles. The molecule has 3 atom stereocenters. The highest BCUT2D eigenvalue weighted by atomic mass is 16.6.